The Morgan fingerprint density at radius 2 is 2.05 bits per heavy atom. The average Bonchev–Trinajstić information content (AvgIpc) is 2.76. The largest absolute Gasteiger partial charge is 0.411 e. The highest BCUT2D eigenvalue weighted by Gasteiger charge is 2.27. The fraction of sp³-hybridized carbons (Fsp3) is 0.308. The molecule has 0 aliphatic carbocycles. The van der Waals surface area contributed by atoms with Crippen molar-refractivity contribution in [2.45, 2.75) is 12.6 Å². The molecule has 0 saturated heterocycles. The van der Waals surface area contributed by atoms with Crippen molar-refractivity contribution < 1.29 is 27.1 Å². The SMILES string of the molecule is O=C(CCOCC(F)(F)F)c1c[nH]c2cc(F)ccc12. The molecule has 7 heteroatoms. The molecule has 1 N–H and O–H groups in total. The molecule has 0 bridgehead atoms. The number of halogens is 4. The van der Waals surface area contributed by atoms with E-state index >= 15 is 0 Å². The molecule has 1 aromatic carbocycles. The highest BCUT2D eigenvalue weighted by Crippen LogP contribution is 2.21. The van der Waals surface area contributed by atoms with Gasteiger partial charge in [-0.05, 0) is 18.2 Å². The number of carbonyl (C=O) groups is 1. The first kappa shape index (κ1) is 14.5. The van der Waals surface area contributed by atoms with Crippen molar-refractivity contribution >= 4 is 16.7 Å². The van der Waals surface area contributed by atoms with Crippen molar-refractivity contribution in [2.75, 3.05) is 13.2 Å². The molecule has 0 aliphatic heterocycles. The summed E-state index contributed by atoms with van der Waals surface area (Å²) in [5.41, 5.74) is 0.778. The van der Waals surface area contributed by atoms with E-state index in [4.69, 9.17) is 0 Å². The molecule has 0 spiro atoms. The number of nitrogens with one attached hydrogen (secondary N) is 1. The Balaban J connectivity index is 1.98. The highest BCUT2D eigenvalue weighted by molar-refractivity contribution is 6.07. The number of H-pyrrole nitrogens is 1. The van der Waals surface area contributed by atoms with Gasteiger partial charge in [-0.15, -0.1) is 0 Å². The molecule has 0 amide bonds. The van der Waals surface area contributed by atoms with Crippen LogP contribution in [0.15, 0.2) is 24.4 Å². The molecule has 0 atom stereocenters. The van der Waals surface area contributed by atoms with Crippen molar-refractivity contribution in [3.05, 3.63) is 35.8 Å². The number of ketones is 1. The summed E-state index contributed by atoms with van der Waals surface area (Å²) in [4.78, 5) is 14.6. The Morgan fingerprint density at radius 3 is 2.75 bits per heavy atom. The number of Topliss-reactive ketones (excluding diaryl/α,β-unsaturated/α-hetero) is 1. The van der Waals surface area contributed by atoms with E-state index in [2.05, 4.69) is 9.72 Å². The molecule has 0 fully saturated rings. The number of carbonyl (C=O) groups excluding carboxylic acids is 1. The monoisotopic (exact) mass is 289 g/mol. The van der Waals surface area contributed by atoms with Crippen LogP contribution >= 0.6 is 0 Å². The Bertz CT molecular complexity index is 618. The van der Waals surface area contributed by atoms with Crippen molar-refractivity contribution in [1.29, 1.82) is 0 Å². The van der Waals surface area contributed by atoms with Crippen LogP contribution < -0.4 is 0 Å². The van der Waals surface area contributed by atoms with Crippen LogP contribution in [0.4, 0.5) is 17.6 Å². The second kappa shape index (κ2) is 5.62. The lowest BCUT2D eigenvalue weighted by Gasteiger charge is -2.06. The van der Waals surface area contributed by atoms with Crippen molar-refractivity contribution in [1.82, 2.24) is 4.98 Å². The molecule has 2 aromatic rings. The van der Waals surface area contributed by atoms with E-state index in [1.54, 1.807) is 0 Å². The van der Waals surface area contributed by atoms with E-state index in [0.29, 0.717) is 16.5 Å². The van der Waals surface area contributed by atoms with E-state index in [9.17, 15) is 22.4 Å². The van der Waals surface area contributed by atoms with Gasteiger partial charge in [0.1, 0.15) is 12.4 Å². The van der Waals surface area contributed by atoms with E-state index in [1.807, 2.05) is 0 Å². The highest BCUT2D eigenvalue weighted by atomic mass is 19.4. The zero-order valence-electron chi connectivity index (χ0n) is 10.3. The number of rotatable bonds is 5. The molecular weight excluding hydrogens is 278 g/mol. The topological polar surface area (TPSA) is 42.1 Å². The van der Waals surface area contributed by atoms with Gasteiger partial charge in [0.15, 0.2) is 5.78 Å². The molecule has 2 rings (SSSR count). The van der Waals surface area contributed by atoms with Gasteiger partial charge in [0.05, 0.1) is 6.61 Å². The molecular formula is C13H11F4NO2. The fourth-order valence-electron chi connectivity index (χ4n) is 1.82. The number of aromatic amines is 1. The minimum atomic E-state index is -4.40. The molecule has 3 nitrogen and oxygen atoms in total. The average molecular weight is 289 g/mol. The number of benzene rings is 1. The Hall–Kier alpha value is -1.89. The predicted molar refractivity (Wildman–Crippen MR) is 64.1 cm³/mol. The maximum absolute atomic E-state index is 13.0. The lowest BCUT2D eigenvalue weighted by molar-refractivity contribution is -0.173. The van der Waals surface area contributed by atoms with E-state index in [1.165, 1.54) is 24.4 Å². The fourth-order valence-corrected chi connectivity index (χ4v) is 1.82. The standard InChI is InChI=1S/C13H11F4NO2/c14-8-1-2-9-10(6-18-11(9)5-8)12(19)3-4-20-7-13(15,16)17/h1-2,5-6,18H,3-4,7H2. The second-order valence-corrected chi connectivity index (χ2v) is 4.23. The molecule has 108 valence electrons. The van der Waals surface area contributed by atoms with Crippen LogP contribution in [0.2, 0.25) is 0 Å². The quantitative estimate of drug-likeness (QED) is 0.520. The molecule has 0 aliphatic rings. The van der Waals surface area contributed by atoms with Crippen molar-refractivity contribution in [3.63, 3.8) is 0 Å². The van der Waals surface area contributed by atoms with E-state index in [0.717, 1.165) is 0 Å². The summed E-state index contributed by atoms with van der Waals surface area (Å²) in [6.45, 7) is -1.69. The number of alkyl halides is 3. The second-order valence-electron chi connectivity index (χ2n) is 4.23. The Kier molecular flexibility index (Phi) is 4.08. The van der Waals surface area contributed by atoms with Crippen LogP contribution in [0.5, 0.6) is 0 Å². The van der Waals surface area contributed by atoms with Crippen molar-refractivity contribution in [2.24, 2.45) is 0 Å². The van der Waals surface area contributed by atoms with Crippen LogP contribution in [-0.2, 0) is 4.74 Å². The van der Waals surface area contributed by atoms with Gasteiger partial charge in [-0.2, -0.15) is 13.2 Å². The van der Waals surface area contributed by atoms with E-state index < -0.39 is 18.6 Å². The summed E-state index contributed by atoms with van der Waals surface area (Å²) in [6.07, 6.45) is -3.15. The Labute approximate surface area is 111 Å². The maximum atomic E-state index is 13.0. The lowest BCUT2D eigenvalue weighted by atomic mass is 10.1. The lowest BCUT2D eigenvalue weighted by Crippen LogP contribution is -2.18. The van der Waals surface area contributed by atoms with E-state index in [-0.39, 0.29) is 18.8 Å². The molecule has 1 heterocycles. The van der Waals surface area contributed by atoms with Crippen LogP contribution in [0.3, 0.4) is 0 Å². The van der Waals surface area contributed by atoms with Crippen LogP contribution in [0.1, 0.15) is 16.8 Å². The van der Waals surface area contributed by atoms with Crippen LogP contribution in [0, 0.1) is 5.82 Å². The smallest absolute Gasteiger partial charge is 0.372 e. The molecule has 0 saturated carbocycles. The van der Waals surface area contributed by atoms with Crippen LogP contribution in [-0.4, -0.2) is 30.2 Å². The van der Waals surface area contributed by atoms with Gasteiger partial charge in [-0.3, -0.25) is 4.79 Å². The third-order valence-electron chi connectivity index (χ3n) is 2.68. The Morgan fingerprint density at radius 1 is 1.30 bits per heavy atom. The predicted octanol–water partition coefficient (Wildman–Crippen LogP) is 3.46. The summed E-state index contributed by atoms with van der Waals surface area (Å²) in [7, 11) is 0. The number of ether oxygens (including phenoxy) is 1. The third-order valence-corrected chi connectivity index (χ3v) is 2.68. The van der Waals surface area contributed by atoms with Gasteiger partial charge in [0.25, 0.3) is 0 Å². The van der Waals surface area contributed by atoms with Gasteiger partial charge < -0.3 is 9.72 Å². The molecule has 20 heavy (non-hydrogen) atoms. The first-order valence-corrected chi connectivity index (χ1v) is 5.81. The summed E-state index contributed by atoms with van der Waals surface area (Å²) in [5, 5.41) is 0.534. The van der Waals surface area contributed by atoms with Gasteiger partial charge >= 0.3 is 6.18 Å². The zero-order chi connectivity index (χ0) is 14.8. The van der Waals surface area contributed by atoms with Gasteiger partial charge in [-0.1, -0.05) is 0 Å². The molecule has 0 radical (unpaired) electrons. The molecule has 1 aromatic heterocycles. The first-order chi connectivity index (χ1) is 9.37. The number of aromatic nitrogens is 1. The van der Waals surface area contributed by atoms with Gasteiger partial charge in [0.2, 0.25) is 0 Å². The summed E-state index contributed by atoms with van der Waals surface area (Å²) >= 11 is 0. The van der Waals surface area contributed by atoms with Crippen LogP contribution in [0.25, 0.3) is 10.9 Å². The third kappa shape index (κ3) is 3.57. The molecule has 0 unspecified atom stereocenters. The number of fused-ring (bicyclic) bond motifs is 1. The normalized spacial score (nSPS) is 12.0. The summed E-state index contributed by atoms with van der Waals surface area (Å²) in [5.74, 6) is -0.795. The summed E-state index contributed by atoms with van der Waals surface area (Å²) in [6, 6.07) is 3.91. The first-order valence-electron chi connectivity index (χ1n) is 5.81. The number of hydrogen-bond donors (Lipinski definition) is 1. The number of hydrogen-bond acceptors (Lipinski definition) is 2. The minimum absolute atomic E-state index is 0.166. The van der Waals surface area contributed by atoms with Gasteiger partial charge in [-0.25, -0.2) is 4.39 Å². The van der Waals surface area contributed by atoms with Crippen molar-refractivity contribution in [3.8, 4) is 0 Å². The maximum Gasteiger partial charge on any atom is 0.411 e. The van der Waals surface area contributed by atoms with Gasteiger partial charge in [0, 0.05) is 29.1 Å². The zero-order valence-corrected chi connectivity index (χ0v) is 10.3. The summed E-state index contributed by atoms with van der Waals surface area (Å²) < 4.78 is 52.9. The minimum Gasteiger partial charge on any atom is -0.372 e.